The fourth-order valence-electron chi connectivity index (χ4n) is 3.14. The number of morpholine rings is 1. The van der Waals surface area contributed by atoms with E-state index in [0.29, 0.717) is 39.3 Å². The van der Waals surface area contributed by atoms with Crippen molar-refractivity contribution in [2.75, 3.05) is 32.8 Å². The van der Waals surface area contributed by atoms with Gasteiger partial charge in [-0.3, -0.25) is 4.79 Å². The average Bonchev–Trinajstić information content (AvgIpc) is 3.14. The van der Waals surface area contributed by atoms with Crippen molar-refractivity contribution in [2.24, 2.45) is 0 Å². The van der Waals surface area contributed by atoms with Crippen LogP contribution in [-0.4, -0.2) is 57.5 Å². The smallest absolute Gasteiger partial charge is 0.243 e. The number of halogens is 1. The minimum Gasteiger partial charge on any atom is -0.379 e. The Morgan fingerprint density at radius 3 is 2.54 bits per heavy atom. The monoisotopic (exact) mass is 403 g/mol. The quantitative estimate of drug-likeness (QED) is 0.736. The number of hydrogen-bond acceptors (Lipinski definition) is 5. The first-order valence-corrected chi connectivity index (χ1v) is 10.2. The van der Waals surface area contributed by atoms with Crippen LogP contribution in [0.1, 0.15) is 24.8 Å². The third-order valence-corrected chi connectivity index (χ3v) is 6.53. The molecule has 7 nitrogen and oxygen atoms in total. The predicted molar refractivity (Wildman–Crippen MR) is 101 cm³/mol. The van der Waals surface area contributed by atoms with Gasteiger partial charge in [0.1, 0.15) is 0 Å². The Labute approximate surface area is 160 Å². The second-order valence-electron chi connectivity index (χ2n) is 6.43. The van der Waals surface area contributed by atoms with E-state index >= 15 is 0 Å². The number of benzene rings is 1. The Bertz CT molecular complexity index is 684. The summed E-state index contributed by atoms with van der Waals surface area (Å²) in [5.74, 6) is 0.0180. The summed E-state index contributed by atoms with van der Waals surface area (Å²) in [5, 5.41) is 6.19. The van der Waals surface area contributed by atoms with E-state index < -0.39 is 10.0 Å². The second kappa shape index (κ2) is 9.66. The van der Waals surface area contributed by atoms with Gasteiger partial charge in [0.15, 0.2) is 0 Å². The second-order valence-corrected chi connectivity index (χ2v) is 8.37. The molecule has 0 spiro atoms. The standard InChI is InChI=1S/C17H25N3O4S.ClH/c21-17(12-15-2-1-7-18-15)19-13-14-3-5-16(6-4-14)25(22,23)20-8-10-24-11-9-20;/h3-6,15,18H,1-2,7-13H2,(H,19,21);1H. The topological polar surface area (TPSA) is 87.7 Å². The lowest BCUT2D eigenvalue weighted by Gasteiger charge is -2.26. The summed E-state index contributed by atoms with van der Waals surface area (Å²) in [4.78, 5) is 12.2. The fraction of sp³-hybridized carbons (Fsp3) is 0.588. The maximum atomic E-state index is 12.6. The van der Waals surface area contributed by atoms with E-state index in [0.717, 1.165) is 24.9 Å². The van der Waals surface area contributed by atoms with Crippen LogP contribution in [0, 0.1) is 0 Å². The van der Waals surface area contributed by atoms with Gasteiger partial charge in [0.25, 0.3) is 0 Å². The Kier molecular flexibility index (Phi) is 7.85. The first-order valence-electron chi connectivity index (χ1n) is 8.72. The van der Waals surface area contributed by atoms with Crippen LogP contribution in [0.3, 0.4) is 0 Å². The zero-order valence-corrected chi connectivity index (χ0v) is 16.3. The number of ether oxygens (including phenoxy) is 1. The van der Waals surface area contributed by atoms with Crippen molar-refractivity contribution < 1.29 is 17.9 Å². The lowest BCUT2D eigenvalue weighted by molar-refractivity contribution is -0.121. The Balaban J connectivity index is 0.00000243. The largest absolute Gasteiger partial charge is 0.379 e. The van der Waals surface area contributed by atoms with Crippen molar-refractivity contribution in [1.29, 1.82) is 0 Å². The number of carbonyl (C=O) groups is 1. The molecule has 146 valence electrons. The van der Waals surface area contributed by atoms with Gasteiger partial charge in [0.05, 0.1) is 18.1 Å². The van der Waals surface area contributed by atoms with E-state index in [1.165, 1.54) is 4.31 Å². The van der Waals surface area contributed by atoms with Gasteiger partial charge >= 0.3 is 0 Å². The van der Waals surface area contributed by atoms with E-state index in [-0.39, 0.29) is 29.3 Å². The number of hydrogen-bond donors (Lipinski definition) is 2. The molecule has 1 atom stereocenters. The molecular formula is C17H26ClN3O4S. The van der Waals surface area contributed by atoms with Gasteiger partial charge in [0.2, 0.25) is 15.9 Å². The normalized spacial score (nSPS) is 21.2. The van der Waals surface area contributed by atoms with Gasteiger partial charge in [0, 0.05) is 32.1 Å². The molecule has 2 fully saturated rings. The summed E-state index contributed by atoms with van der Waals surface area (Å²) in [6, 6.07) is 6.99. The molecule has 0 aromatic heterocycles. The number of carbonyl (C=O) groups excluding carboxylic acids is 1. The predicted octanol–water partition coefficient (Wildman–Crippen LogP) is 0.888. The van der Waals surface area contributed by atoms with E-state index in [1.807, 2.05) is 0 Å². The van der Waals surface area contributed by atoms with Gasteiger partial charge in [-0.1, -0.05) is 12.1 Å². The van der Waals surface area contributed by atoms with Crippen molar-refractivity contribution in [3.8, 4) is 0 Å². The Morgan fingerprint density at radius 2 is 1.92 bits per heavy atom. The van der Waals surface area contributed by atoms with Crippen LogP contribution < -0.4 is 10.6 Å². The van der Waals surface area contributed by atoms with E-state index in [2.05, 4.69) is 10.6 Å². The van der Waals surface area contributed by atoms with Crippen LogP contribution in [0.2, 0.25) is 0 Å². The molecular weight excluding hydrogens is 378 g/mol. The van der Waals surface area contributed by atoms with E-state index in [4.69, 9.17) is 4.74 Å². The van der Waals surface area contributed by atoms with Crippen LogP contribution in [0.4, 0.5) is 0 Å². The summed E-state index contributed by atoms with van der Waals surface area (Å²) < 4.78 is 31.8. The number of nitrogens with one attached hydrogen (secondary N) is 2. The molecule has 2 aliphatic rings. The van der Waals surface area contributed by atoms with Crippen LogP contribution in [0.25, 0.3) is 0 Å². The third kappa shape index (κ3) is 5.40. The van der Waals surface area contributed by atoms with Crippen molar-refractivity contribution in [3.63, 3.8) is 0 Å². The van der Waals surface area contributed by atoms with Crippen molar-refractivity contribution in [2.45, 2.75) is 36.7 Å². The highest BCUT2D eigenvalue weighted by atomic mass is 35.5. The number of rotatable bonds is 6. The summed E-state index contributed by atoms with van der Waals surface area (Å²) in [6.07, 6.45) is 2.65. The van der Waals surface area contributed by atoms with Gasteiger partial charge in [-0.2, -0.15) is 4.31 Å². The molecule has 2 aliphatic heterocycles. The Hall–Kier alpha value is -1.19. The molecule has 1 unspecified atom stereocenters. The van der Waals surface area contributed by atoms with Crippen LogP contribution in [-0.2, 0) is 26.1 Å². The van der Waals surface area contributed by atoms with E-state index in [1.54, 1.807) is 24.3 Å². The third-order valence-electron chi connectivity index (χ3n) is 4.62. The van der Waals surface area contributed by atoms with Crippen LogP contribution >= 0.6 is 12.4 Å². The van der Waals surface area contributed by atoms with Crippen molar-refractivity contribution >= 4 is 28.3 Å². The zero-order chi connectivity index (χ0) is 17.7. The number of nitrogens with zero attached hydrogens (tertiary/aromatic N) is 1. The molecule has 2 N–H and O–H groups in total. The van der Waals surface area contributed by atoms with Gasteiger partial charge in [-0.05, 0) is 37.1 Å². The molecule has 1 amide bonds. The van der Waals surface area contributed by atoms with Crippen molar-refractivity contribution in [1.82, 2.24) is 14.9 Å². The van der Waals surface area contributed by atoms with Crippen LogP contribution in [0.5, 0.6) is 0 Å². The summed E-state index contributed by atoms with van der Waals surface area (Å²) in [7, 11) is -3.47. The van der Waals surface area contributed by atoms with Gasteiger partial charge in [-0.25, -0.2) is 8.42 Å². The lowest BCUT2D eigenvalue weighted by atomic mass is 10.1. The molecule has 1 aromatic rings. The SMILES string of the molecule is Cl.O=C(CC1CCCN1)NCc1ccc(S(=O)(=O)N2CCOCC2)cc1. The number of sulfonamides is 1. The molecule has 0 aliphatic carbocycles. The molecule has 9 heteroatoms. The zero-order valence-electron chi connectivity index (χ0n) is 14.6. The fourth-order valence-corrected chi connectivity index (χ4v) is 4.55. The van der Waals surface area contributed by atoms with Crippen molar-refractivity contribution in [3.05, 3.63) is 29.8 Å². The summed E-state index contributed by atoms with van der Waals surface area (Å²) in [6.45, 7) is 3.02. The molecule has 1 aromatic carbocycles. The molecule has 2 saturated heterocycles. The molecule has 0 radical (unpaired) electrons. The summed E-state index contributed by atoms with van der Waals surface area (Å²) >= 11 is 0. The molecule has 0 bridgehead atoms. The highest BCUT2D eigenvalue weighted by Crippen LogP contribution is 2.17. The molecule has 2 heterocycles. The van der Waals surface area contributed by atoms with E-state index in [9.17, 15) is 13.2 Å². The molecule has 0 saturated carbocycles. The Morgan fingerprint density at radius 1 is 1.23 bits per heavy atom. The van der Waals surface area contributed by atoms with Gasteiger partial charge in [-0.15, -0.1) is 12.4 Å². The average molecular weight is 404 g/mol. The first kappa shape index (κ1) is 21.1. The maximum absolute atomic E-state index is 12.6. The van der Waals surface area contributed by atoms with Crippen LogP contribution in [0.15, 0.2) is 29.2 Å². The minimum absolute atomic E-state index is 0. The first-order chi connectivity index (χ1) is 12.1. The lowest BCUT2D eigenvalue weighted by Crippen LogP contribution is -2.40. The highest BCUT2D eigenvalue weighted by molar-refractivity contribution is 7.89. The number of amides is 1. The van der Waals surface area contributed by atoms with Gasteiger partial charge < -0.3 is 15.4 Å². The summed E-state index contributed by atoms with van der Waals surface area (Å²) in [5.41, 5.74) is 0.883. The minimum atomic E-state index is -3.47. The molecule has 26 heavy (non-hydrogen) atoms. The molecule has 3 rings (SSSR count). The highest BCUT2D eigenvalue weighted by Gasteiger charge is 2.26. The maximum Gasteiger partial charge on any atom is 0.243 e.